The predicted molar refractivity (Wildman–Crippen MR) is 116 cm³/mol. The highest BCUT2D eigenvalue weighted by atomic mass is 32.2. The van der Waals surface area contributed by atoms with Crippen molar-refractivity contribution < 1.29 is 23.8 Å². The third-order valence-electron chi connectivity index (χ3n) is 5.02. The lowest BCUT2D eigenvalue weighted by molar-refractivity contribution is -0.113. The molecule has 1 N–H and O–H groups in total. The van der Waals surface area contributed by atoms with Crippen molar-refractivity contribution in [2.75, 3.05) is 49.4 Å². The van der Waals surface area contributed by atoms with Crippen molar-refractivity contribution in [3.05, 3.63) is 42.0 Å². The molecular weight excluding hydrogens is 404 g/mol. The third kappa shape index (κ3) is 4.64. The van der Waals surface area contributed by atoms with Crippen LogP contribution in [0.4, 0.5) is 11.4 Å². The first-order valence-corrected chi connectivity index (χ1v) is 10.9. The fourth-order valence-electron chi connectivity index (χ4n) is 3.56. The normalized spacial score (nSPS) is 15.0. The summed E-state index contributed by atoms with van der Waals surface area (Å²) in [5.74, 6) is 1.10. The van der Waals surface area contributed by atoms with E-state index in [1.54, 1.807) is 12.1 Å². The molecule has 0 saturated carbocycles. The molecule has 0 aliphatic carbocycles. The van der Waals surface area contributed by atoms with Crippen LogP contribution in [0.25, 0.3) is 0 Å². The molecule has 0 bridgehead atoms. The second-order valence-electron chi connectivity index (χ2n) is 7.06. The molecule has 8 heteroatoms. The van der Waals surface area contributed by atoms with E-state index in [-0.39, 0.29) is 11.7 Å². The largest absolute Gasteiger partial charge is 0.486 e. The van der Waals surface area contributed by atoms with Crippen LogP contribution in [-0.2, 0) is 9.53 Å². The standard InChI is InChI=1S/C22H24N2O5S/c1-27-22(26)15-4-6-18(24-8-2-3-9-24)17(12-15)23-21(25)14-30-16-5-7-19-20(13-16)29-11-10-28-19/h4-7,12-13H,2-3,8-11,14H2,1H3,(H,23,25). The van der Waals surface area contributed by atoms with Crippen LogP contribution in [0.15, 0.2) is 41.3 Å². The van der Waals surface area contributed by atoms with Crippen LogP contribution < -0.4 is 19.7 Å². The number of nitrogens with one attached hydrogen (secondary N) is 1. The second kappa shape index (κ2) is 9.30. The summed E-state index contributed by atoms with van der Waals surface area (Å²) in [5, 5.41) is 2.97. The van der Waals surface area contributed by atoms with Crippen LogP contribution in [0.2, 0.25) is 0 Å². The van der Waals surface area contributed by atoms with Gasteiger partial charge in [-0.2, -0.15) is 0 Å². The van der Waals surface area contributed by atoms with Gasteiger partial charge in [-0.15, -0.1) is 11.8 Å². The predicted octanol–water partition coefficient (Wildman–Crippen LogP) is 3.58. The van der Waals surface area contributed by atoms with E-state index in [1.807, 2.05) is 24.3 Å². The monoisotopic (exact) mass is 428 g/mol. The average molecular weight is 429 g/mol. The van der Waals surface area contributed by atoms with Gasteiger partial charge < -0.3 is 24.4 Å². The number of nitrogens with zero attached hydrogens (tertiary/aromatic N) is 1. The molecule has 4 rings (SSSR count). The van der Waals surface area contributed by atoms with E-state index in [0.29, 0.717) is 30.2 Å². The van der Waals surface area contributed by atoms with Crippen molar-refractivity contribution in [2.24, 2.45) is 0 Å². The first-order chi connectivity index (χ1) is 14.6. The number of benzene rings is 2. The molecule has 158 valence electrons. The van der Waals surface area contributed by atoms with Gasteiger partial charge in [0.1, 0.15) is 13.2 Å². The van der Waals surface area contributed by atoms with Crippen molar-refractivity contribution in [1.29, 1.82) is 0 Å². The van der Waals surface area contributed by atoms with Gasteiger partial charge in [0.05, 0.1) is 29.8 Å². The lowest BCUT2D eigenvalue weighted by Gasteiger charge is -2.22. The Morgan fingerprint density at radius 3 is 2.60 bits per heavy atom. The van der Waals surface area contributed by atoms with Crippen molar-refractivity contribution in [3.8, 4) is 11.5 Å². The highest BCUT2D eigenvalue weighted by molar-refractivity contribution is 8.00. The number of thioether (sulfide) groups is 1. The number of hydrogen-bond donors (Lipinski definition) is 1. The molecular formula is C22H24N2O5S. The summed E-state index contributed by atoms with van der Waals surface area (Å²) < 4.78 is 15.9. The molecule has 2 aliphatic rings. The third-order valence-corrected chi connectivity index (χ3v) is 6.02. The summed E-state index contributed by atoms with van der Waals surface area (Å²) in [5.41, 5.74) is 1.97. The van der Waals surface area contributed by atoms with Crippen molar-refractivity contribution >= 4 is 35.0 Å². The first-order valence-electron chi connectivity index (χ1n) is 9.93. The maximum atomic E-state index is 12.7. The number of amides is 1. The second-order valence-corrected chi connectivity index (χ2v) is 8.11. The van der Waals surface area contributed by atoms with Crippen LogP contribution in [0, 0.1) is 0 Å². The summed E-state index contributed by atoms with van der Waals surface area (Å²) in [7, 11) is 1.35. The summed E-state index contributed by atoms with van der Waals surface area (Å²) >= 11 is 1.42. The van der Waals surface area contributed by atoms with Gasteiger partial charge in [-0.05, 0) is 49.2 Å². The molecule has 2 heterocycles. The van der Waals surface area contributed by atoms with E-state index in [1.165, 1.54) is 18.9 Å². The molecule has 2 aromatic rings. The summed E-state index contributed by atoms with van der Waals surface area (Å²) in [4.78, 5) is 27.8. The number of anilines is 2. The molecule has 0 unspecified atom stereocenters. The summed E-state index contributed by atoms with van der Waals surface area (Å²) in [6.07, 6.45) is 2.23. The van der Waals surface area contributed by atoms with Crippen LogP contribution in [0.1, 0.15) is 23.2 Å². The molecule has 7 nitrogen and oxygen atoms in total. The van der Waals surface area contributed by atoms with E-state index in [4.69, 9.17) is 14.2 Å². The van der Waals surface area contributed by atoms with Gasteiger partial charge in [-0.3, -0.25) is 4.79 Å². The molecule has 1 saturated heterocycles. The van der Waals surface area contributed by atoms with E-state index in [9.17, 15) is 9.59 Å². The topological polar surface area (TPSA) is 77.1 Å². The average Bonchev–Trinajstić information content (AvgIpc) is 3.31. The Labute approximate surface area is 179 Å². The molecule has 30 heavy (non-hydrogen) atoms. The Bertz CT molecular complexity index is 943. The molecule has 1 fully saturated rings. The Morgan fingerprint density at radius 2 is 1.83 bits per heavy atom. The van der Waals surface area contributed by atoms with Gasteiger partial charge in [-0.25, -0.2) is 4.79 Å². The Hall–Kier alpha value is -2.87. The van der Waals surface area contributed by atoms with E-state index in [2.05, 4.69) is 10.2 Å². The van der Waals surface area contributed by atoms with Crippen molar-refractivity contribution in [1.82, 2.24) is 0 Å². The van der Waals surface area contributed by atoms with Crippen LogP contribution >= 0.6 is 11.8 Å². The number of carbonyl (C=O) groups excluding carboxylic acids is 2. The lowest BCUT2D eigenvalue weighted by Crippen LogP contribution is -2.22. The summed E-state index contributed by atoms with van der Waals surface area (Å²) in [6.45, 7) is 2.95. The van der Waals surface area contributed by atoms with E-state index in [0.717, 1.165) is 42.3 Å². The van der Waals surface area contributed by atoms with E-state index >= 15 is 0 Å². The van der Waals surface area contributed by atoms with Crippen LogP contribution in [0.3, 0.4) is 0 Å². The van der Waals surface area contributed by atoms with Crippen molar-refractivity contribution in [3.63, 3.8) is 0 Å². The fraction of sp³-hybridized carbons (Fsp3) is 0.364. The van der Waals surface area contributed by atoms with Crippen LogP contribution in [0.5, 0.6) is 11.5 Å². The minimum atomic E-state index is -0.427. The van der Waals surface area contributed by atoms with Gasteiger partial charge in [0.15, 0.2) is 11.5 Å². The number of fused-ring (bicyclic) bond motifs is 1. The highest BCUT2D eigenvalue weighted by Crippen LogP contribution is 2.35. The number of ether oxygens (including phenoxy) is 3. The Morgan fingerprint density at radius 1 is 1.07 bits per heavy atom. The zero-order valence-electron chi connectivity index (χ0n) is 16.8. The van der Waals surface area contributed by atoms with Crippen LogP contribution in [-0.4, -0.2) is 51.0 Å². The number of rotatable bonds is 6. The maximum Gasteiger partial charge on any atom is 0.337 e. The van der Waals surface area contributed by atoms with Gasteiger partial charge >= 0.3 is 5.97 Å². The lowest BCUT2D eigenvalue weighted by atomic mass is 10.1. The zero-order chi connectivity index (χ0) is 20.9. The molecule has 0 spiro atoms. The molecule has 0 radical (unpaired) electrons. The number of carbonyl (C=O) groups is 2. The van der Waals surface area contributed by atoms with Crippen molar-refractivity contribution in [2.45, 2.75) is 17.7 Å². The zero-order valence-corrected chi connectivity index (χ0v) is 17.6. The quantitative estimate of drug-likeness (QED) is 0.557. The minimum absolute atomic E-state index is 0.141. The Kier molecular flexibility index (Phi) is 6.32. The molecule has 1 amide bonds. The van der Waals surface area contributed by atoms with E-state index < -0.39 is 5.97 Å². The highest BCUT2D eigenvalue weighted by Gasteiger charge is 2.19. The fourth-order valence-corrected chi connectivity index (χ4v) is 4.29. The molecule has 0 aromatic heterocycles. The van der Waals surface area contributed by atoms with Gasteiger partial charge in [-0.1, -0.05) is 0 Å². The smallest absolute Gasteiger partial charge is 0.337 e. The summed E-state index contributed by atoms with van der Waals surface area (Å²) in [6, 6.07) is 11.0. The van der Waals surface area contributed by atoms with Gasteiger partial charge in [0.25, 0.3) is 0 Å². The molecule has 2 aliphatic heterocycles. The van der Waals surface area contributed by atoms with Gasteiger partial charge in [0.2, 0.25) is 5.91 Å². The first kappa shape index (κ1) is 20.4. The Balaban J connectivity index is 1.45. The minimum Gasteiger partial charge on any atom is -0.486 e. The molecule has 0 atom stereocenters. The SMILES string of the molecule is COC(=O)c1ccc(N2CCCC2)c(NC(=O)CSc2ccc3c(c2)OCCO3)c1. The van der Waals surface area contributed by atoms with Gasteiger partial charge in [0, 0.05) is 18.0 Å². The number of esters is 1. The number of methoxy groups -OCH3 is 1. The number of hydrogen-bond acceptors (Lipinski definition) is 7. The maximum absolute atomic E-state index is 12.7. The molecule has 2 aromatic carbocycles.